The molecule has 0 radical (unpaired) electrons. The minimum atomic E-state index is -1.19. The Kier molecular flexibility index (Phi) is 6.51. The molecule has 1 N–H and O–H groups in total. The summed E-state index contributed by atoms with van der Waals surface area (Å²) in [4.78, 5) is 60.3. The summed E-state index contributed by atoms with van der Waals surface area (Å²) in [5, 5.41) is 32.2. The second-order valence-electron chi connectivity index (χ2n) is 11.0. The minimum Gasteiger partial charge on any atom is -0.507 e. The van der Waals surface area contributed by atoms with Crippen molar-refractivity contribution in [2.24, 2.45) is 16.7 Å². The number of benzene rings is 2. The van der Waals surface area contributed by atoms with E-state index in [1.54, 1.807) is 13.0 Å². The predicted molar refractivity (Wildman–Crippen MR) is 142 cm³/mol. The Balaban J connectivity index is 1.47. The van der Waals surface area contributed by atoms with E-state index in [4.69, 9.17) is 9.47 Å². The molecule has 0 heterocycles. The van der Waals surface area contributed by atoms with Gasteiger partial charge in [0.25, 0.3) is 11.4 Å². The predicted octanol–water partition coefficient (Wildman–Crippen LogP) is 4.85. The molecule has 3 aliphatic carbocycles. The van der Waals surface area contributed by atoms with Crippen LogP contribution in [0.3, 0.4) is 0 Å². The maximum absolute atomic E-state index is 13.5. The Morgan fingerprint density at radius 3 is 2.20 bits per heavy atom. The largest absolute Gasteiger partial charge is 0.507 e. The van der Waals surface area contributed by atoms with Crippen LogP contribution in [-0.4, -0.2) is 45.4 Å². The number of phenolic OH excluding ortho intramolecular Hbond substituents is 1. The fourth-order valence-electron chi connectivity index (χ4n) is 5.89. The van der Waals surface area contributed by atoms with Gasteiger partial charge < -0.3 is 14.6 Å². The quantitative estimate of drug-likeness (QED) is 0.279. The molecular formula is C29H26N2O10. The molecule has 2 aromatic rings. The smallest absolute Gasteiger partial charge is 0.341 e. The first-order valence-corrected chi connectivity index (χ1v) is 12.9. The van der Waals surface area contributed by atoms with Crippen LogP contribution in [0, 0.1) is 37.0 Å². The van der Waals surface area contributed by atoms with Gasteiger partial charge in [-0.1, -0.05) is 18.6 Å². The summed E-state index contributed by atoms with van der Waals surface area (Å²) in [7, 11) is 0. The number of Topliss-reactive ketones (excluding diaryl/α,β-unsaturated/α-hetero) is 1. The molecule has 0 aliphatic heterocycles. The highest BCUT2D eigenvalue weighted by Crippen LogP contribution is 2.64. The van der Waals surface area contributed by atoms with Crippen molar-refractivity contribution < 1.29 is 38.8 Å². The SMILES string of the molecule is CC1=C2C(=C[C@@](C)(COC(=O)c3ccc([N+](=O)[O-])cc3O)C2OC(=O)c2ccc([N+](=O)[O-])cc2)C(=O)[C@H](C)C12CC2. The lowest BCUT2D eigenvalue weighted by atomic mass is 9.70. The number of hydrogen-bond acceptors (Lipinski definition) is 10. The Labute approximate surface area is 233 Å². The number of hydrogen-bond donors (Lipinski definition) is 1. The van der Waals surface area contributed by atoms with Gasteiger partial charge in [0.1, 0.15) is 24.0 Å². The third-order valence-electron chi connectivity index (χ3n) is 8.52. The molecule has 3 atom stereocenters. The Morgan fingerprint density at radius 1 is 1.02 bits per heavy atom. The number of phenols is 1. The number of carbonyl (C=O) groups is 3. The first-order valence-electron chi connectivity index (χ1n) is 12.9. The number of allylic oxidation sites excluding steroid dienone is 1. The van der Waals surface area contributed by atoms with Crippen molar-refractivity contribution >= 4 is 29.1 Å². The monoisotopic (exact) mass is 562 g/mol. The van der Waals surface area contributed by atoms with Crippen molar-refractivity contribution in [2.75, 3.05) is 6.61 Å². The molecule has 1 fully saturated rings. The molecule has 0 amide bonds. The lowest BCUT2D eigenvalue weighted by molar-refractivity contribution is -0.385. The minimum absolute atomic E-state index is 0.0640. The summed E-state index contributed by atoms with van der Waals surface area (Å²) in [6, 6.07) is 7.88. The van der Waals surface area contributed by atoms with Gasteiger partial charge in [-0.05, 0) is 44.9 Å². The van der Waals surface area contributed by atoms with Crippen molar-refractivity contribution in [2.45, 2.75) is 39.7 Å². The van der Waals surface area contributed by atoms with Crippen molar-refractivity contribution in [3.8, 4) is 5.75 Å². The second-order valence-corrected chi connectivity index (χ2v) is 11.0. The first-order chi connectivity index (χ1) is 19.3. The van der Waals surface area contributed by atoms with Crippen LogP contribution in [0.1, 0.15) is 54.3 Å². The van der Waals surface area contributed by atoms with Crippen LogP contribution in [0.2, 0.25) is 0 Å². The van der Waals surface area contributed by atoms with Crippen LogP contribution in [0.25, 0.3) is 0 Å². The fraction of sp³-hybridized carbons (Fsp3) is 0.345. The van der Waals surface area contributed by atoms with Crippen molar-refractivity contribution in [1.82, 2.24) is 0 Å². The normalized spacial score (nSPS) is 24.0. The van der Waals surface area contributed by atoms with Crippen LogP contribution >= 0.6 is 0 Å². The molecule has 212 valence electrons. The molecule has 5 rings (SSSR count). The number of rotatable bonds is 7. The van der Waals surface area contributed by atoms with Crippen LogP contribution in [-0.2, 0) is 14.3 Å². The number of fused-ring (bicyclic) bond motifs is 1. The molecule has 12 heteroatoms. The maximum atomic E-state index is 13.5. The summed E-state index contributed by atoms with van der Waals surface area (Å²) >= 11 is 0. The zero-order chi connectivity index (χ0) is 29.9. The third-order valence-corrected chi connectivity index (χ3v) is 8.52. The zero-order valence-electron chi connectivity index (χ0n) is 22.4. The summed E-state index contributed by atoms with van der Waals surface area (Å²) in [5.41, 5.74) is -0.452. The number of carbonyl (C=O) groups excluding carboxylic acids is 3. The number of nitrogens with zero attached hydrogens (tertiary/aromatic N) is 2. The molecule has 0 saturated heterocycles. The number of esters is 2. The van der Waals surface area contributed by atoms with E-state index in [1.165, 1.54) is 24.3 Å². The summed E-state index contributed by atoms with van der Waals surface area (Å²) < 4.78 is 11.5. The van der Waals surface area contributed by atoms with Crippen molar-refractivity contribution in [1.29, 1.82) is 0 Å². The van der Waals surface area contributed by atoms with Gasteiger partial charge in [0.05, 0.1) is 26.9 Å². The van der Waals surface area contributed by atoms with Gasteiger partial charge in [-0.25, -0.2) is 9.59 Å². The molecule has 1 saturated carbocycles. The van der Waals surface area contributed by atoms with Crippen LogP contribution in [0.5, 0.6) is 5.75 Å². The van der Waals surface area contributed by atoms with Gasteiger partial charge in [-0.2, -0.15) is 0 Å². The lowest BCUT2D eigenvalue weighted by Gasteiger charge is -2.36. The molecule has 12 nitrogen and oxygen atoms in total. The van der Waals surface area contributed by atoms with Gasteiger partial charge in [0.15, 0.2) is 5.78 Å². The van der Waals surface area contributed by atoms with Gasteiger partial charge in [-0.3, -0.25) is 25.0 Å². The third kappa shape index (κ3) is 4.54. The summed E-state index contributed by atoms with van der Waals surface area (Å²) in [6.07, 6.45) is 2.26. The fourth-order valence-corrected chi connectivity index (χ4v) is 5.89. The van der Waals surface area contributed by atoms with Crippen LogP contribution in [0.4, 0.5) is 11.4 Å². The number of aromatic hydroxyl groups is 1. The van der Waals surface area contributed by atoms with Crippen molar-refractivity contribution in [3.63, 3.8) is 0 Å². The van der Waals surface area contributed by atoms with Crippen molar-refractivity contribution in [3.05, 3.63) is 96.6 Å². The number of nitro groups is 2. The molecule has 1 unspecified atom stereocenters. The van der Waals surface area contributed by atoms with Gasteiger partial charge in [0.2, 0.25) is 0 Å². The molecule has 41 heavy (non-hydrogen) atoms. The molecular weight excluding hydrogens is 536 g/mol. The van der Waals surface area contributed by atoms with E-state index >= 15 is 0 Å². The highest BCUT2D eigenvalue weighted by molar-refractivity contribution is 6.05. The molecule has 1 spiro atoms. The molecule has 0 aromatic heterocycles. The highest BCUT2D eigenvalue weighted by Gasteiger charge is 2.60. The van der Waals surface area contributed by atoms with E-state index in [-0.39, 0.29) is 40.5 Å². The van der Waals surface area contributed by atoms with E-state index in [0.717, 1.165) is 36.6 Å². The topological polar surface area (TPSA) is 176 Å². The summed E-state index contributed by atoms with van der Waals surface area (Å²) in [5.74, 6) is -2.74. The summed E-state index contributed by atoms with van der Waals surface area (Å²) in [6.45, 7) is 5.11. The maximum Gasteiger partial charge on any atom is 0.341 e. The van der Waals surface area contributed by atoms with Gasteiger partial charge in [-0.15, -0.1) is 0 Å². The number of ether oxygens (including phenoxy) is 2. The van der Waals surface area contributed by atoms with E-state index in [1.807, 2.05) is 13.8 Å². The van der Waals surface area contributed by atoms with E-state index in [2.05, 4.69) is 0 Å². The van der Waals surface area contributed by atoms with Crippen LogP contribution < -0.4 is 0 Å². The second kappa shape index (κ2) is 9.65. The van der Waals surface area contributed by atoms with E-state index in [9.17, 15) is 39.7 Å². The Morgan fingerprint density at radius 2 is 1.63 bits per heavy atom. The molecule has 0 bridgehead atoms. The van der Waals surface area contributed by atoms with E-state index < -0.39 is 44.7 Å². The highest BCUT2D eigenvalue weighted by atomic mass is 16.6. The number of nitro benzene ring substituents is 2. The standard InChI is InChI=1S/C29H26N2O10/c1-15-23-21(24(33)16(2)29(15)10-11-29)13-28(3,14-40-27(35)20-9-8-19(31(38)39)12-22(20)32)25(23)41-26(34)17-4-6-18(7-5-17)30(36)37/h4-9,12-13,16,25,32H,10-11,14H2,1-3H3/t16-,25?,28-/m0/s1. The Hall–Kier alpha value is -4.87. The first kappa shape index (κ1) is 27.7. The number of ketones is 1. The average molecular weight is 563 g/mol. The Bertz CT molecular complexity index is 1580. The average Bonchev–Trinajstić information content (AvgIpc) is 3.69. The molecule has 2 aromatic carbocycles. The van der Waals surface area contributed by atoms with Crippen LogP contribution in [0.15, 0.2) is 65.3 Å². The lowest BCUT2D eigenvalue weighted by Crippen LogP contribution is -2.40. The van der Waals surface area contributed by atoms with E-state index in [0.29, 0.717) is 11.1 Å². The zero-order valence-corrected chi connectivity index (χ0v) is 22.4. The van der Waals surface area contributed by atoms with Gasteiger partial charge >= 0.3 is 11.9 Å². The number of non-ortho nitro benzene ring substituents is 2. The van der Waals surface area contributed by atoms with Gasteiger partial charge in [0, 0.05) is 40.7 Å². The molecule has 3 aliphatic rings.